The molecule has 5 heteroatoms. The van der Waals surface area contributed by atoms with E-state index in [0.29, 0.717) is 23.4 Å². The van der Waals surface area contributed by atoms with E-state index in [2.05, 4.69) is 17.1 Å². The minimum Gasteiger partial charge on any atom is -0.333 e. The normalized spacial score (nSPS) is 25.9. The van der Waals surface area contributed by atoms with E-state index >= 15 is 0 Å². The van der Waals surface area contributed by atoms with Crippen molar-refractivity contribution in [2.75, 3.05) is 11.1 Å². The Morgan fingerprint density at radius 3 is 2.48 bits per heavy atom. The summed E-state index contributed by atoms with van der Waals surface area (Å²) in [6.07, 6.45) is 8.29. The second kappa shape index (κ2) is 7.02. The number of nitrogens with zero attached hydrogens (tertiary/aromatic N) is 1. The average molecular weight is 359 g/mol. The number of carbonyl (C=O) groups is 2. The summed E-state index contributed by atoms with van der Waals surface area (Å²) < 4.78 is 0. The van der Waals surface area contributed by atoms with E-state index in [0.717, 1.165) is 42.2 Å². The van der Waals surface area contributed by atoms with Gasteiger partial charge in [0.1, 0.15) is 0 Å². The van der Waals surface area contributed by atoms with E-state index in [1.807, 2.05) is 18.2 Å². The predicted molar refractivity (Wildman–Crippen MR) is 101 cm³/mol. The lowest BCUT2D eigenvalue weighted by Crippen LogP contribution is -2.44. The summed E-state index contributed by atoms with van der Waals surface area (Å²) >= 11 is 1.54. The first kappa shape index (κ1) is 17.0. The Balaban J connectivity index is 1.53. The molecule has 2 aliphatic carbocycles. The third kappa shape index (κ3) is 3.57. The number of nitrogens with one attached hydrogen (secondary N) is 1. The molecule has 3 aliphatic rings. The molecule has 1 heterocycles. The second-order valence-electron chi connectivity index (χ2n) is 7.57. The highest BCUT2D eigenvalue weighted by molar-refractivity contribution is 8.00. The summed E-state index contributed by atoms with van der Waals surface area (Å²) in [6.45, 7) is 2.27. The van der Waals surface area contributed by atoms with E-state index < -0.39 is 0 Å². The number of anilines is 1. The van der Waals surface area contributed by atoms with Crippen LogP contribution in [0.1, 0.15) is 62.2 Å². The smallest absolute Gasteiger partial charge is 0.254 e. The fraction of sp³-hybridized carbons (Fsp3) is 0.600. The zero-order chi connectivity index (χ0) is 17.4. The van der Waals surface area contributed by atoms with Crippen LogP contribution in [0.5, 0.6) is 0 Å². The second-order valence-corrected chi connectivity index (χ2v) is 8.59. The van der Waals surface area contributed by atoms with Crippen LogP contribution < -0.4 is 5.32 Å². The molecule has 0 atom stereocenters. The van der Waals surface area contributed by atoms with Crippen LogP contribution in [0, 0.1) is 5.92 Å². The number of rotatable bonds is 4. The third-order valence-corrected chi connectivity index (χ3v) is 6.89. The van der Waals surface area contributed by atoms with Crippen LogP contribution in [0.25, 0.3) is 0 Å². The van der Waals surface area contributed by atoms with Gasteiger partial charge in [0.15, 0.2) is 0 Å². The van der Waals surface area contributed by atoms with E-state index in [9.17, 15) is 9.59 Å². The molecule has 1 aromatic carbocycles. The minimum absolute atomic E-state index is 0.0130. The number of benzene rings is 1. The van der Waals surface area contributed by atoms with Gasteiger partial charge in [-0.25, -0.2) is 0 Å². The highest BCUT2D eigenvalue weighted by Crippen LogP contribution is 2.38. The van der Waals surface area contributed by atoms with E-state index in [4.69, 9.17) is 0 Å². The van der Waals surface area contributed by atoms with Crippen molar-refractivity contribution in [2.45, 2.75) is 68.8 Å². The maximum Gasteiger partial charge on any atom is 0.254 e. The molecule has 4 nitrogen and oxygen atoms in total. The quantitative estimate of drug-likeness (QED) is 0.873. The molecule has 0 spiro atoms. The number of hydrogen-bond acceptors (Lipinski definition) is 3. The summed E-state index contributed by atoms with van der Waals surface area (Å²) in [7, 11) is 0. The number of carbonyl (C=O) groups excluding carboxylic acids is 2. The van der Waals surface area contributed by atoms with Crippen LogP contribution in [0.15, 0.2) is 23.1 Å². The van der Waals surface area contributed by atoms with Gasteiger partial charge in [0.2, 0.25) is 5.91 Å². The van der Waals surface area contributed by atoms with E-state index in [-0.39, 0.29) is 11.8 Å². The van der Waals surface area contributed by atoms with Gasteiger partial charge in [0.25, 0.3) is 5.91 Å². The number of hydrogen-bond donors (Lipinski definition) is 1. The Labute approximate surface area is 153 Å². The molecule has 0 radical (unpaired) electrons. The number of amides is 2. The molecular weight excluding hydrogens is 332 g/mol. The van der Waals surface area contributed by atoms with Crippen molar-refractivity contribution in [1.82, 2.24) is 4.90 Å². The average Bonchev–Trinajstić information content (AvgIpc) is 3.46. The van der Waals surface area contributed by atoms with Gasteiger partial charge in [-0.1, -0.05) is 13.3 Å². The Kier molecular flexibility index (Phi) is 4.76. The predicted octanol–water partition coefficient (Wildman–Crippen LogP) is 4.30. The van der Waals surface area contributed by atoms with Crippen LogP contribution in [0.3, 0.4) is 0 Å². The Morgan fingerprint density at radius 2 is 1.84 bits per heavy atom. The fourth-order valence-electron chi connectivity index (χ4n) is 4.18. The molecule has 1 aromatic rings. The first-order chi connectivity index (χ1) is 12.2. The molecule has 134 valence electrons. The maximum atomic E-state index is 13.3. The Morgan fingerprint density at radius 1 is 1.16 bits per heavy atom. The molecule has 4 rings (SSSR count). The van der Waals surface area contributed by atoms with Crippen LogP contribution in [0.2, 0.25) is 0 Å². The van der Waals surface area contributed by atoms with E-state index in [1.54, 1.807) is 0 Å². The molecule has 2 fully saturated rings. The summed E-state index contributed by atoms with van der Waals surface area (Å²) in [6, 6.07) is 6.60. The van der Waals surface area contributed by atoms with Gasteiger partial charge in [0, 0.05) is 22.5 Å². The molecular formula is C20H26N2O2S. The van der Waals surface area contributed by atoms with Crippen LogP contribution in [-0.4, -0.2) is 34.6 Å². The molecule has 0 bridgehead atoms. The molecule has 25 heavy (non-hydrogen) atoms. The zero-order valence-electron chi connectivity index (χ0n) is 14.8. The standard InChI is InChI=1S/C20H26N2O2S/c1-2-13-3-6-15(7-4-13)22(16-8-9-16)20(24)14-5-10-18-17(11-14)21-19(23)12-25-18/h5,10-11,13,15-16H,2-4,6-9,12H2,1H3,(H,21,23). The first-order valence-corrected chi connectivity index (χ1v) is 10.5. The van der Waals surface area contributed by atoms with Crippen LogP contribution in [0.4, 0.5) is 5.69 Å². The summed E-state index contributed by atoms with van der Waals surface area (Å²) in [5.41, 5.74) is 1.50. The Hall–Kier alpha value is -1.49. The lowest BCUT2D eigenvalue weighted by atomic mass is 9.83. The zero-order valence-corrected chi connectivity index (χ0v) is 15.6. The van der Waals surface area contributed by atoms with E-state index in [1.165, 1.54) is 31.0 Å². The number of fused-ring (bicyclic) bond motifs is 1. The largest absolute Gasteiger partial charge is 0.333 e. The number of thioether (sulfide) groups is 1. The van der Waals surface area contributed by atoms with Crippen molar-refractivity contribution >= 4 is 29.3 Å². The van der Waals surface area contributed by atoms with Gasteiger partial charge in [-0.2, -0.15) is 0 Å². The van der Waals surface area contributed by atoms with Crippen molar-refractivity contribution < 1.29 is 9.59 Å². The summed E-state index contributed by atoms with van der Waals surface area (Å²) in [5.74, 6) is 1.45. The first-order valence-electron chi connectivity index (χ1n) is 9.55. The van der Waals surface area contributed by atoms with Crippen molar-refractivity contribution in [3.63, 3.8) is 0 Å². The Bertz CT molecular complexity index is 678. The van der Waals surface area contributed by atoms with Gasteiger partial charge in [-0.05, 0) is 62.6 Å². The minimum atomic E-state index is 0.0130. The lowest BCUT2D eigenvalue weighted by molar-refractivity contribution is -0.113. The van der Waals surface area contributed by atoms with Gasteiger partial charge in [0.05, 0.1) is 11.4 Å². The van der Waals surface area contributed by atoms with Crippen molar-refractivity contribution in [1.29, 1.82) is 0 Å². The van der Waals surface area contributed by atoms with Crippen molar-refractivity contribution in [3.05, 3.63) is 23.8 Å². The van der Waals surface area contributed by atoms with Gasteiger partial charge in [-0.3, -0.25) is 9.59 Å². The topological polar surface area (TPSA) is 49.4 Å². The maximum absolute atomic E-state index is 13.3. The van der Waals surface area contributed by atoms with Gasteiger partial charge < -0.3 is 10.2 Å². The molecule has 0 aromatic heterocycles. The highest BCUT2D eigenvalue weighted by atomic mass is 32.2. The van der Waals surface area contributed by atoms with Crippen molar-refractivity contribution in [3.8, 4) is 0 Å². The molecule has 1 N–H and O–H groups in total. The highest BCUT2D eigenvalue weighted by Gasteiger charge is 2.39. The third-order valence-electron chi connectivity index (χ3n) is 5.82. The van der Waals surface area contributed by atoms with Crippen molar-refractivity contribution in [2.24, 2.45) is 5.92 Å². The van der Waals surface area contributed by atoms with Crippen LogP contribution >= 0.6 is 11.8 Å². The monoisotopic (exact) mass is 358 g/mol. The SMILES string of the molecule is CCC1CCC(N(C(=O)c2ccc3c(c2)NC(=O)CS3)C2CC2)CC1. The lowest BCUT2D eigenvalue weighted by Gasteiger charge is -2.37. The molecule has 0 saturated heterocycles. The fourth-order valence-corrected chi connectivity index (χ4v) is 4.97. The van der Waals surface area contributed by atoms with Crippen LogP contribution in [-0.2, 0) is 4.79 Å². The summed E-state index contributed by atoms with van der Waals surface area (Å²) in [4.78, 5) is 28.1. The molecule has 2 amide bonds. The molecule has 1 aliphatic heterocycles. The van der Waals surface area contributed by atoms with Gasteiger partial charge >= 0.3 is 0 Å². The summed E-state index contributed by atoms with van der Waals surface area (Å²) in [5, 5.41) is 2.90. The molecule has 0 unspecified atom stereocenters. The molecule has 2 saturated carbocycles. The van der Waals surface area contributed by atoms with Gasteiger partial charge in [-0.15, -0.1) is 11.8 Å².